The van der Waals surface area contributed by atoms with Crippen LogP contribution in [0.3, 0.4) is 0 Å². The lowest BCUT2D eigenvalue weighted by Gasteiger charge is -2.13. The van der Waals surface area contributed by atoms with Gasteiger partial charge in [0.15, 0.2) is 5.82 Å². The van der Waals surface area contributed by atoms with Gasteiger partial charge in [0.25, 0.3) is 0 Å². The lowest BCUT2D eigenvalue weighted by Crippen LogP contribution is -3.08. The van der Waals surface area contributed by atoms with E-state index in [9.17, 15) is 0 Å². The van der Waals surface area contributed by atoms with Gasteiger partial charge in [0.2, 0.25) is 0 Å². The summed E-state index contributed by atoms with van der Waals surface area (Å²) in [5, 5.41) is 4.73. The Hall–Kier alpha value is -1.20. The highest BCUT2D eigenvalue weighted by atomic mass is 32.1. The molecule has 1 fully saturated rings. The zero-order chi connectivity index (χ0) is 14.8. The van der Waals surface area contributed by atoms with E-state index in [1.54, 1.807) is 16.2 Å². The van der Waals surface area contributed by atoms with E-state index in [-0.39, 0.29) is 0 Å². The number of hydrogen-bond acceptors (Lipinski definition) is 4. The highest BCUT2D eigenvalue weighted by Crippen LogP contribution is 2.33. The zero-order valence-electron chi connectivity index (χ0n) is 13.3. The summed E-state index contributed by atoms with van der Waals surface area (Å²) >= 11 is 1.80. The molecule has 3 rings (SSSR count). The van der Waals surface area contributed by atoms with Crippen LogP contribution in [0.4, 0.5) is 5.82 Å². The molecule has 114 valence electrons. The Morgan fingerprint density at radius 3 is 2.67 bits per heavy atom. The van der Waals surface area contributed by atoms with Crippen LogP contribution in [0, 0.1) is 13.8 Å². The first-order valence-corrected chi connectivity index (χ1v) is 8.84. The molecule has 4 nitrogen and oxygen atoms in total. The molecule has 0 aliphatic carbocycles. The number of nitrogens with zero attached hydrogens (tertiary/aromatic N) is 2. The Balaban J connectivity index is 1.97. The third-order valence-electron chi connectivity index (χ3n) is 4.34. The largest absolute Gasteiger partial charge is 0.369 e. The van der Waals surface area contributed by atoms with Gasteiger partial charge in [-0.2, -0.15) is 0 Å². The molecule has 1 aliphatic heterocycles. The molecule has 0 atom stereocenters. The highest BCUT2D eigenvalue weighted by molar-refractivity contribution is 7.18. The van der Waals surface area contributed by atoms with E-state index in [1.165, 1.54) is 41.8 Å². The first-order valence-electron chi connectivity index (χ1n) is 8.03. The number of fused-ring (bicyclic) bond motifs is 1. The van der Waals surface area contributed by atoms with Gasteiger partial charge in [-0.05, 0) is 25.8 Å². The standard InChI is InChI=1S/C16H24N4S/c1-4-7-17-15-14-11(2)12(3)21-16(14)19-13(18-15)10-20-8-5-6-9-20/h4-10H2,1-3H3,(H,17,18,19)/p+1. The summed E-state index contributed by atoms with van der Waals surface area (Å²) in [6.45, 7) is 11.0. The summed E-state index contributed by atoms with van der Waals surface area (Å²) in [7, 11) is 0. The first-order chi connectivity index (χ1) is 10.2. The second-order valence-electron chi connectivity index (χ2n) is 6.01. The topological polar surface area (TPSA) is 42.2 Å². The van der Waals surface area contributed by atoms with E-state index in [2.05, 4.69) is 26.1 Å². The van der Waals surface area contributed by atoms with Crippen LogP contribution in [0.1, 0.15) is 42.5 Å². The van der Waals surface area contributed by atoms with Crippen LogP contribution in [-0.2, 0) is 6.54 Å². The Morgan fingerprint density at radius 2 is 1.95 bits per heavy atom. The van der Waals surface area contributed by atoms with Gasteiger partial charge in [-0.25, -0.2) is 9.97 Å². The van der Waals surface area contributed by atoms with Crippen molar-refractivity contribution >= 4 is 27.4 Å². The van der Waals surface area contributed by atoms with Gasteiger partial charge >= 0.3 is 0 Å². The molecule has 0 radical (unpaired) electrons. The molecular weight excluding hydrogens is 280 g/mol. The predicted molar refractivity (Wildman–Crippen MR) is 89.3 cm³/mol. The van der Waals surface area contributed by atoms with Crippen molar-refractivity contribution < 1.29 is 4.90 Å². The Kier molecular flexibility index (Phi) is 4.40. The number of quaternary nitrogens is 1. The molecule has 1 saturated heterocycles. The molecule has 0 amide bonds. The van der Waals surface area contributed by atoms with Crippen molar-refractivity contribution in [1.29, 1.82) is 0 Å². The van der Waals surface area contributed by atoms with Crippen LogP contribution in [0.15, 0.2) is 0 Å². The lowest BCUT2D eigenvalue weighted by molar-refractivity contribution is -0.902. The fourth-order valence-corrected chi connectivity index (χ4v) is 4.07. The van der Waals surface area contributed by atoms with Crippen molar-refractivity contribution in [3.63, 3.8) is 0 Å². The van der Waals surface area contributed by atoms with E-state index in [1.807, 2.05) is 0 Å². The number of aromatic nitrogens is 2. The number of thiophene rings is 1. The second kappa shape index (κ2) is 6.28. The highest BCUT2D eigenvalue weighted by Gasteiger charge is 2.20. The third-order valence-corrected chi connectivity index (χ3v) is 5.44. The van der Waals surface area contributed by atoms with E-state index in [4.69, 9.17) is 9.97 Å². The van der Waals surface area contributed by atoms with Gasteiger partial charge in [-0.1, -0.05) is 6.92 Å². The predicted octanol–water partition coefficient (Wildman–Crippen LogP) is 2.31. The maximum Gasteiger partial charge on any atom is 0.187 e. The van der Waals surface area contributed by atoms with Gasteiger partial charge in [0, 0.05) is 24.3 Å². The van der Waals surface area contributed by atoms with Crippen LogP contribution in [-0.4, -0.2) is 29.6 Å². The molecule has 1 aliphatic rings. The SMILES string of the molecule is CCCNc1nc(C[NH+]2CCCC2)nc2sc(C)c(C)c12. The molecule has 0 aromatic carbocycles. The normalized spacial score (nSPS) is 16.0. The van der Waals surface area contributed by atoms with Crippen LogP contribution in [0.25, 0.3) is 10.2 Å². The molecule has 2 aromatic heterocycles. The Morgan fingerprint density at radius 1 is 1.19 bits per heavy atom. The maximum atomic E-state index is 4.84. The maximum absolute atomic E-state index is 4.84. The van der Waals surface area contributed by atoms with E-state index in [0.29, 0.717) is 0 Å². The van der Waals surface area contributed by atoms with Gasteiger partial charge in [0.05, 0.1) is 18.5 Å². The number of aryl methyl sites for hydroxylation is 2. The molecule has 5 heteroatoms. The molecule has 2 aromatic rings. The quantitative estimate of drug-likeness (QED) is 0.891. The van der Waals surface area contributed by atoms with Crippen molar-refractivity contribution in [3.8, 4) is 0 Å². The first kappa shape index (κ1) is 14.7. The minimum absolute atomic E-state index is 0.965. The van der Waals surface area contributed by atoms with Crippen LogP contribution < -0.4 is 10.2 Å². The number of rotatable bonds is 5. The third kappa shape index (κ3) is 3.04. The molecule has 0 bridgehead atoms. The van der Waals surface area contributed by atoms with Crippen LogP contribution in [0.5, 0.6) is 0 Å². The summed E-state index contributed by atoms with van der Waals surface area (Å²) < 4.78 is 0. The second-order valence-corrected chi connectivity index (χ2v) is 7.22. The summed E-state index contributed by atoms with van der Waals surface area (Å²) in [5.41, 5.74) is 1.33. The minimum atomic E-state index is 0.965. The average Bonchev–Trinajstić information content (AvgIpc) is 3.06. The molecule has 0 spiro atoms. The number of likely N-dealkylation sites (tertiary alicyclic amines) is 1. The van der Waals surface area contributed by atoms with Gasteiger partial charge in [-0.3, -0.25) is 0 Å². The Labute approximate surface area is 130 Å². The van der Waals surface area contributed by atoms with E-state index < -0.39 is 0 Å². The van der Waals surface area contributed by atoms with Crippen LogP contribution >= 0.6 is 11.3 Å². The Bertz CT molecular complexity index is 629. The van der Waals surface area contributed by atoms with Gasteiger partial charge < -0.3 is 10.2 Å². The van der Waals surface area contributed by atoms with Crippen molar-refractivity contribution in [1.82, 2.24) is 9.97 Å². The molecule has 0 unspecified atom stereocenters. The van der Waals surface area contributed by atoms with E-state index >= 15 is 0 Å². The van der Waals surface area contributed by atoms with Gasteiger partial charge in [0.1, 0.15) is 17.2 Å². The lowest BCUT2D eigenvalue weighted by atomic mass is 10.2. The summed E-state index contributed by atoms with van der Waals surface area (Å²) in [6.07, 6.45) is 3.80. The fourth-order valence-electron chi connectivity index (χ4n) is 3.02. The summed E-state index contributed by atoms with van der Waals surface area (Å²) in [4.78, 5) is 13.8. The molecule has 0 saturated carbocycles. The minimum Gasteiger partial charge on any atom is -0.369 e. The zero-order valence-corrected chi connectivity index (χ0v) is 14.1. The summed E-state index contributed by atoms with van der Waals surface area (Å²) in [6, 6.07) is 0. The molecule has 3 heterocycles. The molecule has 2 N–H and O–H groups in total. The van der Waals surface area contributed by atoms with Crippen molar-refractivity contribution in [2.24, 2.45) is 0 Å². The monoisotopic (exact) mass is 305 g/mol. The smallest absolute Gasteiger partial charge is 0.187 e. The number of anilines is 1. The number of hydrogen-bond donors (Lipinski definition) is 2. The van der Waals surface area contributed by atoms with Crippen LogP contribution in [0.2, 0.25) is 0 Å². The van der Waals surface area contributed by atoms with Crippen molar-refractivity contribution in [2.45, 2.75) is 46.6 Å². The molecule has 21 heavy (non-hydrogen) atoms. The van der Waals surface area contributed by atoms with Crippen molar-refractivity contribution in [2.75, 3.05) is 25.0 Å². The summed E-state index contributed by atoms with van der Waals surface area (Å²) in [5.74, 6) is 2.04. The average molecular weight is 305 g/mol. The van der Waals surface area contributed by atoms with Crippen molar-refractivity contribution in [3.05, 3.63) is 16.3 Å². The fraction of sp³-hybridized carbons (Fsp3) is 0.625. The number of nitrogens with one attached hydrogen (secondary N) is 2. The molecular formula is C16H25N4S+. The van der Waals surface area contributed by atoms with E-state index in [0.717, 1.165) is 36.0 Å². The van der Waals surface area contributed by atoms with Gasteiger partial charge in [-0.15, -0.1) is 11.3 Å².